The molecule has 2 heterocycles. The predicted molar refractivity (Wildman–Crippen MR) is 90.1 cm³/mol. The van der Waals surface area contributed by atoms with Crippen LogP contribution in [0.2, 0.25) is 0 Å². The number of ether oxygens (including phenoxy) is 1. The fraction of sp³-hybridized carbons (Fsp3) is 0.250. The molecule has 0 saturated carbocycles. The Balaban J connectivity index is 2.04. The SMILES string of the molecule is CNC(=O)CN(C)c1cc(-c2ccc(OC)cc2)nn2cnnc12. The average Bonchev–Trinajstić information content (AvgIpc) is 3.09. The Bertz CT molecular complexity index is 859. The molecule has 24 heavy (non-hydrogen) atoms. The number of fused-ring (bicyclic) bond motifs is 1. The van der Waals surface area contributed by atoms with Gasteiger partial charge in [0.1, 0.15) is 12.1 Å². The van der Waals surface area contributed by atoms with Crippen LogP contribution in [0.3, 0.4) is 0 Å². The van der Waals surface area contributed by atoms with Crippen molar-refractivity contribution in [3.63, 3.8) is 0 Å². The van der Waals surface area contributed by atoms with Gasteiger partial charge in [0.2, 0.25) is 11.6 Å². The maximum absolute atomic E-state index is 11.7. The molecular weight excluding hydrogens is 308 g/mol. The Kier molecular flexibility index (Phi) is 4.28. The maximum Gasteiger partial charge on any atom is 0.239 e. The molecule has 0 radical (unpaired) electrons. The summed E-state index contributed by atoms with van der Waals surface area (Å²) >= 11 is 0. The van der Waals surface area contributed by atoms with E-state index in [0.29, 0.717) is 5.65 Å². The molecule has 0 saturated heterocycles. The highest BCUT2D eigenvalue weighted by Crippen LogP contribution is 2.26. The first-order chi connectivity index (χ1) is 11.6. The molecule has 3 rings (SSSR count). The minimum atomic E-state index is -0.0852. The summed E-state index contributed by atoms with van der Waals surface area (Å²) in [6.45, 7) is 0.213. The number of nitrogens with zero attached hydrogens (tertiary/aromatic N) is 5. The Morgan fingerprint density at radius 1 is 1.33 bits per heavy atom. The Labute approximate surface area is 139 Å². The largest absolute Gasteiger partial charge is 0.497 e. The number of nitrogens with one attached hydrogen (secondary N) is 1. The predicted octanol–water partition coefficient (Wildman–Crippen LogP) is 0.982. The van der Waals surface area contributed by atoms with Crippen molar-refractivity contribution in [2.45, 2.75) is 0 Å². The summed E-state index contributed by atoms with van der Waals surface area (Å²) in [6.07, 6.45) is 1.54. The number of carbonyl (C=O) groups excluding carboxylic acids is 1. The molecule has 1 aromatic carbocycles. The smallest absolute Gasteiger partial charge is 0.239 e. The van der Waals surface area contributed by atoms with E-state index in [1.54, 1.807) is 25.0 Å². The molecule has 3 aromatic rings. The number of rotatable bonds is 5. The van der Waals surface area contributed by atoms with Gasteiger partial charge < -0.3 is 15.0 Å². The number of likely N-dealkylation sites (N-methyl/N-ethyl adjacent to an activating group) is 2. The van der Waals surface area contributed by atoms with Crippen LogP contribution >= 0.6 is 0 Å². The number of hydrogen-bond acceptors (Lipinski definition) is 6. The zero-order chi connectivity index (χ0) is 17.1. The van der Waals surface area contributed by atoms with Crippen LogP contribution < -0.4 is 15.0 Å². The van der Waals surface area contributed by atoms with E-state index in [4.69, 9.17) is 4.74 Å². The highest BCUT2D eigenvalue weighted by molar-refractivity contribution is 5.83. The van der Waals surface area contributed by atoms with Gasteiger partial charge in [-0.15, -0.1) is 10.2 Å². The standard InChI is InChI=1S/C16H18N6O2/c1-17-15(23)9-21(2)14-8-13(20-22-10-18-19-16(14)22)11-4-6-12(24-3)7-5-11/h4-8,10H,9H2,1-3H3,(H,17,23). The molecule has 0 aliphatic heterocycles. The van der Waals surface area contributed by atoms with Crippen molar-refractivity contribution < 1.29 is 9.53 Å². The lowest BCUT2D eigenvalue weighted by atomic mass is 10.1. The summed E-state index contributed by atoms with van der Waals surface area (Å²) in [7, 11) is 5.07. The lowest BCUT2D eigenvalue weighted by molar-refractivity contribution is -0.119. The molecule has 2 aromatic heterocycles. The van der Waals surface area contributed by atoms with Gasteiger partial charge in [-0.25, -0.2) is 0 Å². The fourth-order valence-electron chi connectivity index (χ4n) is 2.37. The number of benzene rings is 1. The minimum Gasteiger partial charge on any atom is -0.497 e. The van der Waals surface area contributed by atoms with Gasteiger partial charge in [0, 0.05) is 19.7 Å². The summed E-state index contributed by atoms with van der Waals surface area (Å²) in [6, 6.07) is 9.51. The Morgan fingerprint density at radius 2 is 2.08 bits per heavy atom. The second kappa shape index (κ2) is 6.53. The van der Waals surface area contributed by atoms with Crippen LogP contribution in [0.5, 0.6) is 5.75 Å². The van der Waals surface area contributed by atoms with Gasteiger partial charge in [0.15, 0.2) is 0 Å². The molecule has 0 unspecified atom stereocenters. The van der Waals surface area contributed by atoms with E-state index in [9.17, 15) is 4.79 Å². The molecule has 1 N–H and O–H groups in total. The average molecular weight is 326 g/mol. The van der Waals surface area contributed by atoms with Crippen LogP contribution in [-0.2, 0) is 4.79 Å². The third-order valence-electron chi connectivity index (χ3n) is 3.71. The second-order valence-corrected chi connectivity index (χ2v) is 5.27. The molecule has 0 bridgehead atoms. The van der Waals surface area contributed by atoms with E-state index in [1.165, 1.54) is 0 Å². The lowest BCUT2D eigenvalue weighted by Crippen LogP contribution is -2.33. The van der Waals surface area contributed by atoms with Gasteiger partial charge >= 0.3 is 0 Å². The molecule has 8 nitrogen and oxygen atoms in total. The van der Waals surface area contributed by atoms with E-state index in [-0.39, 0.29) is 12.5 Å². The van der Waals surface area contributed by atoms with Crippen molar-refractivity contribution >= 4 is 17.2 Å². The highest BCUT2D eigenvalue weighted by Gasteiger charge is 2.15. The van der Waals surface area contributed by atoms with Gasteiger partial charge in [-0.2, -0.15) is 9.61 Å². The first-order valence-corrected chi connectivity index (χ1v) is 7.39. The van der Waals surface area contributed by atoms with Gasteiger partial charge in [-0.05, 0) is 30.3 Å². The third-order valence-corrected chi connectivity index (χ3v) is 3.71. The van der Waals surface area contributed by atoms with E-state index in [2.05, 4.69) is 20.6 Å². The fourth-order valence-corrected chi connectivity index (χ4v) is 2.37. The van der Waals surface area contributed by atoms with Gasteiger partial charge in [-0.1, -0.05) is 0 Å². The second-order valence-electron chi connectivity index (χ2n) is 5.27. The van der Waals surface area contributed by atoms with Gasteiger partial charge in [-0.3, -0.25) is 4.79 Å². The number of aromatic nitrogens is 4. The zero-order valence-electron chi connectivity index (χ0n) is 13.7. The highest BCUT2D eigenvalue weighted by atomic mass is 16.5. The molecular formula is C16H18N6O2. The van der Waals surface area contributed by atoms with Crippen molar-refractivity contribution in [2.75, 3.05) is 32.6 Å². The van der Waals surface area contributed by atoms with Crippen molar-refractivity contribution in [1.82, 2.24) is 25.1 Å². The van der Waals surface area contributed by atoms with Crippen LogP contribution in [0.4, 0.5) is 5.69 Å². The number of methoxy groups -OCH3 is 1. The molecule has 0 aliphatic rings. The minimum absolute atomic E-state index is 0.0852. The maximum atomic E-state index is 11.7. The first kappa shape index (κ1) is 15.7. The van der Waals surface area contributed by atoms with E-state index in [0.717, 1.165) is 22.7 Å². The lowest BCUT2D eigenvalue weighted by Gasteiger charge is -2.19. The van der Waals surface area contributed by atoms with E-state index < -0.39 is 0 Å². The van der Waals surface area contributed by atoms with Crippen LogP contribution in [0, 0.1) is 0 Å². The molecule has 0 aliphatic carbocycles. The summed E-state index contributed by atoms with van der Waals surface area (Å²) in [5, 5.41) is 15.1. The molecule has 1 amide bonds. The monoisotopic (exact) mass is 326 g/mol. The van der Waals surface area contributed by atoms with Crippen LogP contribution in [0.25, 0.3) is 16.9 Å². The quantitative estimate of drug-likeness (QED) is 0.752. The van der Waals surface area contributed by atoms with Gasteiger partial charge in [0.05, 0.1) is 25.0 Å². The number of hydrogen-bond donors (Lipinski definition) is 1. The molecule has 0 atom stereocenters. The topological polar surface area (TPSA) is 84.7 Å². The number of amides is 1. The molecule has 124 valence electrons. The summed E-state index contributed by atoms with van der Waals surface area (Å²) in [5.41, 5.74) is 3.06. The third kappa shape index (κ3) is 2.98. The number of carbonyl (C=O) groups is 1. The van der Waals surface area contributed by atoms with Crippen molar-refractivity contribution in [3.05, 3.63) is 36.7 Å². The van der Waals surface area contributed by atoms with Crippen LogP contribution in [0.15, 0.2) is 36.7 Å². The Hall–Kier alpha value is -3.16. The van der Waals surface area contributed by atoms with Gasteiger partial charge in [0.25, 0.3) is 0 Å². The van der Waals surface area contributed by atoms with Crippen molar-refractivity contribution in [2.24, 2.45) is 0 Å². The molecule has 0 spiro atoms. The summed E-state index contributed by atoms with van der Waals surface area (Å²) in [5.74, 6) is 0.694. The van der Waals surface area contributed by atoms with Crippen LogP contribution in [0.1, 0.15) is 0 Å². The van der Waals surface area contributed by atoms with Crippen LogP contribution in [-0.4, -0.2) is 53.5 Å². The Morgan fingerprint density at radius 3 is 2.75 bits per heavy atom. The van der Waals surface area contributed by atoms with Crippen molar-refractivity contribution in [3.8, 4) is 17.0 Å². The summed E-state index contributed by atoms with van der Waals surface area (Å²) < 4.78 is 6.79. The van der Waals surface area contributed by atoms with E-state index in [1.807, 2.05) is 42.3 Å². The first-order valence-electron chi connectivity index (χ1n) is 7.39. The van der Waals surface area contributed by atoms with Crippen molar-refractivity contribution in [1.29, 1.82) is 0 Å². The van der Waals surface area contributed by atoms with E-state index >= 15 is 0 Å². The molecule has 8 heteroatoms. The molecule has 0 fully saturated rings. The normalized spacial score (nSPS) is 10.6. The zero-order valence-corrected chi connectivity index (χ0v) is 13.7. The summed E-state index contributed by atoms with van der Waals surface area (Å²) in [4.78, 5) is 13.5. The number of anilines is 1.